The Morgan fingerprint density at radius 1 is 1.25 bits per heavy atom. The molecular weight excluding hydrogens is 220 g/mol. The van der Waals surface area contributed by atoms with Gasteiger partial charge in [-0.05, 0) is 35.4 Å². The molecule has 0 N–H and O–H groups in total. The molecule has 1 rings (SSSR count). The van der Waals surface area contributed by atoms with E-state index >= 15 is 0 Å². The maximum atomic E-state index is 11.1. The van der Waals surface area contributed by atoms with E-state index < -0.39 is 0 Å². The van der Waals surface area contributed by atoms with Crippen LogP contribution in [0.3, 0.4) is 0 Å². The van der Waals surface area contributed by atoms with Crippen molar-refractivity contribution in [1.82, 2.24) is 0 Å². The number of aryl methyl sites for hydroxylation is 1. The Bertz CT molecular complexity index is 359. The normalized spacial score (nSPS) is 13.6. The van der Waals surface area contributed by atoms with Crippen molar-refractivity contribution < 1.29 is 4.79 Å². The van der Waals surface area contributed by atoms with Crippen molar-refractivity contribution in [3.63, 3.8) is 0 Å². The third kappa shape index (κ3) is 3.64. The maximum absolute atomic E-state index is 11.1. The summed E-state index contributed by atoms with van der Waals surface area (Å²) in [5.74, 6) is 0.179. The second-order valence-electron chi connectivity index (χ2n) is 5.39. The van der Waals surface area contributed by atoms with E-state index in [1.807, 2.05) is 0 Å². The largest absolute Gasteiger partial charge is 0.281 e. The molecule has 0 heterocycles. The topological polar surface area (TPSA) is 17.1 Å². The number of hydrogen-bond acceptors (Lipinski definition) is 1. The first-order valence-electron chi connectivity index (χ1n) is 5.55. The van der Waals surface area contributed by atoms with Crippen LogP contribution in [0, 0.1) is 12.3 Å². The highest BCUT2D eigenvalue weighted by Gasteiger charge is 2.27. The van der Waals surface area contributed by atoms with Gasteiger partial charge in [-0.25, -0.2) is 0 Å². The predicted octanol–water partition coefficient (Wildman–Crippen LogP) is 4.28. The first-order valence-corrected chi connectivity index (χ1v) is 5.93. The van der Waals surface area contributed by atoms with Gasteiger partial charge in [0.2, 0.25) is 5.24 Å². The summed E-state index contributed by atoms with van der Waals surface area (Å²) in [4.78, 5) is 11.1. The third-order valence-electron chi connectivity index (χ3n) is 2.89. The van der Waals surface area contributed by atoms with Gasteiger partial charge in [0.05, 0.1) is 0 Å². The zero-order valence-electron chi connectivity index (χ0n) is 10.4. The molecule has 0 fully saturated rings. The molecule has 0 aliphatic carbocycles. The van der Waals surface area contributed by atoms with Crippen molar-refractivity contribution in [2.45, 2.75) is 40.0 Å². The molecule has 2 heteroatoms. The number of carbonyl (C=O) groups excluding carboxylic acids is 1. The molecule has 1 atom stereocenters. The molecule has 0 aliphatic heterocycles. The van der Waals surface area contributed by atoms with Gasteiger partial charge in [0, 0.05) is 6.42 Å². The molecule has 0 saturated heterocycles. The first kappa shape index (κ1) is 13.2. The van der Waals surface area contributed by atoms with Crippen LogP contribution in [0.25, 0.3) is 0 Å². The molecule has 0 radical (unpaired) electrons. The Balaban J connectivity index is 3.01. The quantitative estimate of drug-likeness (QED) is 0.719. The van der Waals surface area contributed by atoms with Gasteiger partial charge in [0.25, 0.3) is 0 Å². The SMILES string of the molecule is Cc1ccc(C(CC(=O)Cl)C(C)(C)C)cc1. The molecule has 1 unspecified atom stereocenters. The van der Waals surface area contributed by atoms with Crippen LogP contribution in [0.4, 0.5) is 0 Å². The van der Waals surface area contributed by atoms with Crippen LogP contribution in [-0.4, -0.2) is 5.24 Å². The van der Waals surface area contributed by atoms with Gasteiger partial charge in [0.1, 0.15) is 0 Å². The Kier molecular flexibility index (Phi) is 4.15. The van der Waals surface area contributed by atoms with Gasteiger partial charge < -0.3 is 0 Å². The highest BCUT2D eigenvalue weighted by Crippen LogP contribution is 2.38. The molecule has 0 aliphatic rings. The van der Waals surface area contributed by atoms with E-state index in [2.05, 4.69) is 52.0 Å². The van der Waals surface area contributed by atoms with Crippen LogP contribution in [0.2, 0.25) is 0 Å². The molecule has 16 heavy (non-hydrogen) atoms. The first-order chi connectivity index (χ1) is 7.30. The smallest absolute Gasteiger partial charge is 0.222 e. The number of halogens is 1. The van der Waals surface area contributed by atoms with E-state index in [4.69, 9.17) is 11.6 Å². The summed E-state index contributed by atoms with van der Waals surface area (Å²) in [5, 5.41) is -0.263. The Morgan fingerprint density at radius 2 is 1.75 bits per heavy atom. The van der Waals surface area contributed by atoms with E-state index in [9.17, 15) is 4.79 Å². The van der Waals surface area contributed by atoms with Crippen molar-refractivity contribution in [3.05, 3.63) is 35.4 Å². The van der Waals surface area contributed by atoms with Gasteiger partial charge in [-0.1, -0.05) is 50.6 Å². The summed E-state index contributed by atoms with van der Waals surface area (Å²) in [5.41, 5.74) is 2.46. The van der Waals surface area contributed by atoms with Crippen LogP contribution in [0.1, 0.15) is 44.2 Å². The van der Waals surface area contributed by atoms with Gasteiger partial charge in [-0.15, -0.1) is 0 Å². The number of benzene rings is 1. The Labute approximate surface area is 103 Å². The second-order valence-corrected chi connectivity index (χ2v) is 5.81. The van der Waals surface area contributed by atoms with Gasteiger partial charge in [-0.3, -0.25) is 4.79 Å². The zero-order chi connectivity index (χ0) is 12.3. The fourth-order valence-electron chi connectivity index (χ4n) is 1.88. The number of carbonyl (C=O) groups is 1. The van der Waals surface area contributed by atoms with E-state index in [0.29, 0.717) is 6.42 Å². The summed E-state index contributed by atoms with van der Waals surface area (Å²) in [6.07, 6.45) is 0.397. The van der Waals surface area contributed by atoms with Crippen LogP contribution in [-0.2, 0) is 4.79 Å². The average molecular weight is 239 g/mol. The van der Waals surface area contributed by atoms with Crippen molar-refractivity contribution >= 4 is 16.8 Å². The lowest BCUT2D eigenvalue weighted by molar-refractivity contribution is -0.112. The summed E-state index contributed by atoms with van der Waals surface area (Å²) in [6.45, 7) is 8.47. The summed E-state index contributed by atoms with van der Waals surface area (Å²) in [7, 11) is 0. The summed E-state index contributed by atoms with van der Waals surface area (Å²) in [6, 6.07) is 8.33. The lowest BCUT2D eigenvalue weighted by atomic mass is 9.75. The maximum Gasteiger partial charge on any atom is 0.222 e. The zero-order valence-corrected chi connectivity index (χ0v) is 11.1. The van der Waals surface area contributed by atoms with Crippen molar-refractivity contribution in [3.8, 4) is 0 Å². The molecule has 0 spiro atoms. The lowest BCUT2D eigenvalue weighted by Crippen LogP contribution is -2.20. The molecule has 1 nitrogen and oxygen atoms in total. The van der Waals surface area contributed by atoms with E-state index in [-0.39, 0.29) is 16.6 Å². The Morgan fingerprint density at radius 3 is 2.12 bits per heavy atom. The fourth-order valence-corrected chi connectivity index (χ4v) is 2.04. The third-order valence-corrected chi connectivity index (χ3v) is 3.04. The standard InChI is InChI=1S/C14H19ClO/c1-10-5-7-11(8-6-10)12(9-13(15)16)14(2,3)4/h5-8,12H,9H2,1-4H3. The van der Waals surface area contributed by atoms with E-state index in [1.165, 1.54) is 11.1 Å². The molecule has 0 amide bonds. The second kappa shape index (κ2) is 5.01. The predicted molar refractivity (Wildman–Crippen MR) is 68.9 cm³/mol. The molecular formula is C14H19ClO. The highest BCUT2D eigenvalue weighted by molar-refractivity contribution is 6.63. The van der Waals surface area contributed by atoms with Crippen molar-refractivity contribution in [2.75, 3.05) is 0 Å². The van der Waals surface area contributed by atoms with Crippen LogP contribution in [0.5, 0.6) is 0 Å². The van der Waals surface area contributed by atoms with Crippen molar-refractivity contribution in [1.29, 1.82) is 0 Å². The van der Waals surface area contributed by atoms with E-state index in [1.54, 1.807) is 0 Å². The minimum absolute atomic E-state index is 0.0415. The van der Waals surface area contributed by atoms with Gasteiger partial charge >= 0.3 is 0 Å². The highest BCUT2D eigenvalue weighted by atomic mass is 35.5. The van der Waals surface area contributed by atoms with Crippen LogP contribution in [0.15, 0.2) is 24.3 Å². The molecule has 0 saturated carbocycles. The summed E-state index contributed by atoms with van der Waals surface area (Å²) >= 11 is 5.52. The molecule has 1 aromatic carbocycles. The monoisotopic (exact) mass is 238 g/mol. The molecule has 0 bridgehead atoms. The van der Waals surface area contributed by atoms with Crippen molar-refractivity contribution in [2.24, 2.45) is 5.41 Å². The van der Waals surface area contributed by atoms with Gasteiger partial charge in [0.15, 0.2) is 0 Å². The lowest BCUT2D eigenvalue weighted by Gasteiger charge is -2.30. The van der Waals surface area contributed by atoms with Crippen LogP contribution < -0.4 is 0 Å². The van der Waals surface area contributed by atoms with Gasteiger partial charge in [-0.2, -0.15) is 0 Å². The average Bonchev–Trinajstić information content (AvgIpc) is 2.14. The summed E-state index contributed by atoms with van der Waals surface area (Å²) < 4.78 is 0. The molecule has 0 aromatic heterocycles. The Hall–Kier alpha value is -0.820. The molecule has 88 valence electrons. The van der Waals surface area contributed by atoms with E-state index in [0.717, 1.165) is 0 Å². The minimum Gasteiger partial charge on any atom is -0.281 e. The number of hydrogen-bond donors (Lipinski definition) is 0. The fraction of sp³-hybridized carbons (Fsp3) is 0.500. The van der Waals surface area contributed by atoms with Crippen LogP contribution >= 0.6 is 11.6 Å². The molecule has 1 aromatic rings. The minimum atomic E-state index is -0.263. The number of rotatable bonds is 3.